The summed E-state index contributed by atoms with van der Waals surface area (Å²) < 4.78 is 5.44. The molecule has 0 aliphatic rings. The van der Waals surface area contributed by atoms with Crippen molar-refractivity contribution in [2.24, 2.45) is 0 Å². The van der Waals surface area contributed by atoms with Gasteiger partial charge in [0.15, 0.2) is 0 Å². The fourth-order valence-corrected chi connectivity index (χ4v) is 1.93. The number of nitrogens with one attached hydrogen (secondary N) is 2. The van der Waals surface area contributed by atoms with Crippen LogP contribution in [0.25, 0.3) is 0 Å². The monoisotopic (exact) mass is 264 g/mol. The zero-order valence-electron chi connectivity index (χ0n) is 12.7. The van der Waals surface area contributed by atoms with Gasteiger partial charge in [-0.05, 0) is 37.1 Å². The lowest BCUT2D eigenvalue weighted by Crippen LogP contribution is -2.25. The Balaban J connectivity index is 3.16. The number of amides is 1. The Kier molecular flexibility index (Phi) is 4.95. The van der Waals surface area contributed by atoms with Crippen LogP contribution in [-0.2, 0) is 10.2 Å². The maximum absolute atomic E-state index is 11.7. The molecule has 0 saturated carbocycles. The lowest BCUT2D eigenvalue weighted by Gasteiger charge is -2.24. The normalized spacial score (nSPS) is 11.3. The van der Waals surface area contributed by atoms with Crippen molar-refractivity contribution in [1.82, 2.24) is 5.32 Å². The molecule has 0 atom stereocenters. The van der Waals surface area contributed by atoms with Gasteiger partial charge < -0.3 is 15.4 Å². The van der Waals surface area contributed by atoms with E-state index in [0.29, 0.717) is 6.54 Å². The molecule has 4 nitrogen and oxygen atoms in total. The zero-order valence-corrected chi connectivity index (χ0v) is 12.7. The van der Waals surface area contributed by atoms with Crippen LogP contribution in [0, 0.1) is 6.92 Å². The molecule has 0 saturated heterocycles. The van der Waals surface area contributed by atoms with E-state index in [1.165, 1.54) is 0 Å². The average Bonchev–Trinajstić information content (AvgIpc) is 2.30. The van der Waals surface area contributed by atoms with Crippen LogP contribution in [0.15, 0.2) is 12.1 Å². The number of methoxy groups -OCH3 is 1. The first kappa shape index (κ1) is 15.5. The van der Waals surface area contributed by atoms with E-state index in [2.05, 4.69) is 31.4 Å². The molecule has 19 heavy (non-hydrogen) atoms. The number of likely N-dealkylation sites (N-methyl/N-ethyl adjacent to an activating group) is 1. The number of carbonyl (C=O) groups is 1. The number of hydrogen-bond donors (Lipinski definition) is 2. The van der Waals surface area contributed by atoms with Crippen LogP contribution in [0.4, 0.5) is 5.69 Å². The van der Waals surface area contributed by atoms with E-state index in [-0.39, 0.29) is 11.3 Å². The van der Waals surface area contributed by atoms with Crippen molar-refractivity contribution in [2.45, 2.75) is 33.1 Å². The first-order valence-electron chi connectivity index (χ1n) is 6.43. The predicted molar refractivity (Wildman–Crippen MR) is 79.0 cm³/mol. The summed E-state index contributed by atoms with van der Waals surface area (Å²) in [7, 11) is 3.42. The quantitative estimate of drug-likeness (QED) is 0.878. The number of hydrogen-bond acceptors (Lipinski definition) is 3. The van der Waals surface area contributed by atoms with E-state index < -0.39 is 0 Å². The lowest BCUT2D eigenvalue weighted by molar-refractivity contribution is -0.115. The van der Waals surface area contributed by atoms with Crippen molar-refractivity contribution in [3.63, 3.8) is 0 Å². The Morgan fingerprint density at radius 2 is 1.95 bits per heavy atom. The minimum Gasteiger partial charge on any atom is -0.496 e. The second-order valence-electron chi connectivity index (χ2n) is 5.70. The molecule has 0 aliphatic heterocycles. The summed E-state index contributed by atoms with van der Waals surface area (Å²) in [6.07, 6.45) is 0. The van der Waals surface area contributed by atoms with Gasteiger partial charge in [0.2, 0.25) is 5.91 Å². The summed E-state index contributed by atoms with van der Waals surface area (Å²) in [5.74, 6) is 0.812. The Hall–Kier alpha value is -1.55. The van der Waals surface area contributed by atoms with Crippen molar-refractivity contribution in [3.05, 3.63) is 23.3 Å². The van der Waals surface area contributed by atoms with Crippen LogP contribution in [0.1, 0.15) is 31.9 Å². The Morgan fingerprint density at radius 1 is 1.32 bits per heavy atom. The van der Waals surface area contributed by atoms with Gasteiger partial charge in [-0.2, -0.15) is 0 Å². The van der Waals surface area contributed by atoms with Gasteiger partial charge in [-0.25, -0.2) is 0 Å². The van der Waals surface area contributed by atoms with Gasteiger partial charge in [0, 0.05) is 11.3 Å². The third-order valence-electron chi connectivity index (χ3n) is 2.97. The van der Waals surface area contributed by atoms with E-state index >= 15 is 0 Å². The van der Waals surface area contributed by atoms with Gasteiger partial charge in [-0.15, -0.1) is 0 Å². The highest BCUT2D eigenvalue weighted by Gasteiger charge is 2.20. The molecular weight excluding hydrogens is 240 g/mol. The van der Waals surface area contributed by atoms with Crippen LogP contribution in [-0.4, -0.2) is 26.6 Å². The zero-order chi connectivity index (χ0) is 14.6. The average molecular weight is 264 g/mol. The van der Waals surface area contributed by atoms with E-state index in [1.807, 2.05) is 19.1 Å². The van der Waals surface area contributed by atoms with Crippen LogP contribution in [0.3, 0.4) is 0 Å². The molecular formula is C15H24N2O2. The minimum atomic E-state index is -0.0457. The van der Waals surface area contributed by atoms with E-state index in [9.17, 15) is 4.79 Å². The highest BCUT2D eigenvalue weighted by atomic mass is 16.5. The Labute approximate surface area is 115 Å². The van der Waals surface area contributed by atoms with E-state index in [0.717, 1.165) is 22.6 Å². The molecule has 0 unspecified atom stereocenters. The second-order valence-corrected chi connectivity index (χ2v) is 5.70. The fraction of sp³-hybridized carbons (Fsp3) is 0.533. The van der Waals surface area contributed by atoms with Gasteiger partial charge in [-0.1, -0.05) is 20.8 Å². The van der Waals surface area contributed by atoms with Gasteiger partial charge in [0.25, 0.3) is 0 Å². The van der Waals surface area contributed by atoms with Crippen LogP contribution < -0.4 is 15.4 Å². The summed E-state index contributed by atoms with van der Waals surface area (Å²) in [6.45, 7) is 8.64. The first-order chi connectivity index (χ1) is 8.79. The molecule has 0 fully saturated rings. The number of aryl methyl sites for hydroxylation is 1. The fourth-order valence-electron chi connectivity index (χ4n) is 1.93. The molecule has 0 aromatic heterocycles. The summed E-state index contributed by atoms with van der Waals surface area (Å²) in [4.78, 5) is 11.7. The summed E-state index contributed by atoms with van der Waals surface area (Å²) in [5.41, 5.74) is 2.88. The van der Waals surface area contributed by atoms with Crippen LogP contribution >= 0.6 is 0 Å². The highest BCUT2D eigenvalue weighted by molar-refractivity contribution is 5.93. The first-order valence-corrected chi connectivity index (χ1v) is 6.43. The smallest absolute Gasteiger partial charge is 0.238 e. The summed E-state index contributed by atoms with van der Waals surface area (Å²) >= 11 is 0. The van der Waals surface area contributed by atoms with Crippen molar-refractivity contribution in [3.8, 4) is 5.75 Å². The molecule has 1 aromatic carbocycles. The van der Waals surface area contributed by atoms with Gasteiger partial charge >= 0.3 is 0 Å². The van der Waals surface area contributed by atoms with Crippen LogP contribution in [0.2, 0.25) is 0 Å². The molecule has 0 aliphatic carbocycles. The molecule has 2 N–H and O–H groups in total. The SMILES string of the molecule is CNCC(=O)Nc1cc(C(C)(C)C)c(OC)cc1C. The van der Waals surface area contributed by atoms with Crippen molar-refractivity contribution < 1.29 is 9.53 Å². The molecule has 0 bridgehead atoms. The van der Waals surface area contributed by atoms with Crippen LogP contribution in [0.5, 0.6) is 5.75 Å². The Bertz CT molecular complexity index is 462. The topological polar surface area (TPSA) is 50.4 Å². The third kappa shape index (κ3) is 3.96. The van der Waals surface area contributed by atoms with Gasteiger partial charge in [0.1, 0.15) is 5.75 Å². The Morgan fingerprint density at radius 3 is 2.42 bits per heavy atom. The summed E-state index contributed by atoms with van der Waals surface area (Å²) in [6, 6.07) is 3.97. The predicted octanol–water partition coefficient (Wildman–Crippen LogP) is 2.46. The largest absolute Gasteiger partial charge is 0.496 e. The molecule has 4 heteroatoms. The molecule has 1 rings (SSSR count). The van der Waals surface area contributed by atoms with Crippen molar-refractivity contribution in [2.75, 3.05) is 26.0 Å². The standard InChI is InChI=1S/C15H24N2O2/c1-10-7-13(19-6)11(15(2,3)4)8-12(10)17-14(18)9-16-5/h7-8,16H,9H2,1-6H3,(H,17,18). The molecule has 0 heterocycles. The third-order valence-corrected chi connectivity index (χ3v) is 2.97. The van der Waals surface area contributed by atoms with Gasteiger partial charge in [0.05, 0.1) is 13.7 Å². The van der Waals surface area contributed by atoms with E-state index in [4.69, 9.17) is 4.74 Å². The number of benzene rings is 1. The second kappa shape index (κ2) is 6.06. The molecule has 1 amide bonds. The van der Waals surface area contributed by atoms with E-state index in [1.54, 1.807) is 14.2 Å². The lowest BCUT2D eigenvalue weighted by atomic mass is 9.85. The highest BCUT2D eigenvalue weighted by Crippen LogP contribution is 2.35. The molecule has 106 valence electrons. The number of carbonyl (C=O) groups excluding carboxylic acids is 1. The minimum absolute atomic E-state index is 0.0402. The number of rotatable bonds is 4. The molecule has 0 radical (unpaired) electrons. The maximum Gasteiger partial charge on any atom is 0.238 e. The van der Waals surface area contributed by atoms with Crippen molar-refractivity contribution in [1.29, 1.82) is 0 Å². The van der Waals surface area contributed by atoms with Crippen molar-refractivity contribution >= 4 is 11.6 Å². The molecule has 1 aromatic rings. The molecule has 0 spiro atoms. The maximum atomic E-state index is 11.7. The summed E-state index contributed by atoms with van der Waals surface area (Å²) in [5, 5.41) is 5.76. The number of ether oxygens (including phenoxy) is 1. The number of anilines is 1. The van der Waals surface area contributed by atoms with Gasteiger partial charge in [-0.3, -0.25) is 4.79 Å².